The van der Waals surface area contributed by atoms with E-state index in [0.29, 0.717) is 12.2 Å². The number of carbonyl (C=O) groups excluding carboxylic acids is 1. The molecule has 1 aliphatic rings. The van der Waals surface area contributed by atoms with Gasteiger partial charge in [-0.05, 0) is 42.7 Å². The van der Waals surface area contributed by atoms with Gasteiger partial charge in [0.15, 0.2) is 0 Å². The lowest BCUT2D eigenvalue weighted by Gasteiger charge is -2.17. The molecule has 0 radical (unpaired) electrons. The Morgan fingerprint density at radius 1 is 1.10 bits per heavy atom. The molecule has 2 heterocycles. The zero-order valence-electron chi connectivity index (χ0n) is 11.3. The first-order valence-electron chi connectivity index (χ1n) is 6.93. The highest BCUT2D eigenvalue weighted by Gasteiger charge is 2.21. The molecule has 0 spiro atoms. The second-order valence-electron chi connectivity index (χ2n) is 5.15. The fraction of sp³-hybridized carbons (Fsp3) is 0.312. The summed E-state index contributed by atoms with van der Waals surface area (Å²) in [5, 5.41) is 0. The minimum absolute atomic E-state index is 0.0922. The van der Waals surface area contributed by atoms with Gasteiger partial charge in [-0.2, -0.15) is 0 Å². The number of aromatic nitrogens is 1. The van der Waals surface area contributed by atoms with Crippen molar-refractivity contribution in [1.29, 1.82) is 0 Å². The number of carbonyl (C=O) groups is 1. The normalized spacial score (nSPS) is 14.8. The van der Waals surface area contributed by atoms with Gasteiger partial charge in [0.2, 0.25) is 0 Å². The van der Waals surface area contributed by atoms with Crippen molar-refractivity contribution in [3.8, 4) is 0 Å². The third-order valence-corrected chi connectivity index (χ3v) is 3.71. The second-order valence-corrected chi connectivity index (χ2v) is 5.15. The molecule has 0 N–H and O–H groups in total. The summed E-state index contributed by atoms with van der Waals surface area (Å²) in [5.41, 5.74) is 1.69. The third-order valence-electron chi connectivity index (χ3n) is 3.71. The Hall–Kier alpha value is -2.10. The summed E-state index contributed by atoms with van der Waals surface area (Å²) in [6, 6.07) is 10.1. The van der Waals surface area contributed by atoms with Crippen LogP contribution in [0.5, 0.6) is 0 Å². The highest BCUT2D eigenvalue weighted by Crippen LogP contribution is 2.15. The average Bonchev–Trinajstić information content (AvgIpc) is 3.12. The van der Waals surface area contributed by atoms with Crippen molar-refractivity contribution in [3.05, 3.63) is 59.7 Å². The van der Waals surface area contributed by atoms with E-state index in [0.717, 1.165) is 31.5 Å². The standard InChI is InChI=1S/C16H17FN2O/c17-14-7-5-13(6-8-14)12-19-11-3-4-15(19)16(20)18-9-1-2-10-18/h3-8,11H,1-2,9-10,12H2. The van der Waals surface area contributed by atoms with Crippen molar-refractivity contribution < 1.29 is 9.18 Å². The molecule has 3 rings (SSSR count). The van der Waals surface area contributed by atoms with E-state index in [2.05, 4.69) is 0 Å². The van der Waals surface area contributed by atoms with Crippen molar-refractivity contribution in [2.45, 2.75) is 19.4 Å². The van der Waals surface area contributed by atoms with Crippen LogP contribution in [0, 0.1) is 5.82 Å². The van der Waals surface area contributed by atoms with Crippen LogP contribution in [0.3, 0.4) is 0 Å². The predicted octanol–water partition coefficient (Wildman–Crippen LogP) is 2.91. The van der Waals surface area contributed by atoms with Gasteiger partial charge in [-0.15, -0.1) is 0 Å². The number of halogens is 1. The summed E-state index contributed by atoms with van der Waals surface area (Å²) in [4.78, 5) is 14.3. The topological polar surface area (TPSA) is 25.2 Å². The molecule has 20 heavy (non-hydrogen) atoms. The van der Waals surface area contributed by atoms with Crippen LogP contribution in [-0.4, -0.2) is 28.5 Å². The van der Waals surface area contributed by atoms with Gasteiger partial charge in [0.1, 0.15) is 11.5 Å². The summed E-state index contributed by atoms with van der Waals surface area (Å²) in [5.74, 6) is -0.149. The Labute approximate surface area is 117 Å². The van der Waals surface area contributed by atoms with Crippen LogP contribution in [0.4, 0.5) is 4.39 Å². The Morgan fingerprint density at radius 2 is 1.80 bits per heavy atom. The van der Waals surface area contributed by atoms with Crippen LogP contribution in [-0.2, 0) is 6.54 Å². The molecule has 0 aliphatic carbocycles. The van der Waals surface area contributed by atoms with Crippen LogP contribution < -0.4 is 0 Å². The smallest absolute Gasteiger partial charge is 0.270 e. The van der Waals surface area contributed by atoms with Gasteiger partial charge in [0.25, 0.3) is 5.91 Å². The molecule has 0 saturated carbocycles. The number of rotatable bonds is 3. The van der Waals surface area contributed by atoms with E-state index in [1.807, 2.05) is 27.8 Å². The van der Waals surface area contributed by atoms with Gasteiger partial charge in [0, 0.05) is 25.8 Å². The van der Waals surface area contributed by atoms with Crippen LogP contribution in [0.25, 0.3) is 0 Å². The zero-order chi connectivity index (χ0) is 13.9. The second kappa shape index (κ2) is 5.49. The maximum atomic E-state index is 12.9. The van der Waals surface area contributed by atoms with Gasteiger partial charge in [-0.3, -0.25) is 4.79 Å². The van der Waals surface area contributed by atoms with Gasteiger partial charge in [0.05, 0.1) is 0 Å². The number of likely N-dealkylation sites (tertiary alicyclic amines) is 1. The lowest BCUT2D eigenvalue weighted by atomic mass is 10.2. The molecule has 104 valence electrons. The first-order valence-corrected chi connectivity index (χ1v) is 6.93. The quantitative estimate of drug-likeness (QED) is 0.843. The minimum atomic E-state index is -0.241. The molecule has 1 aliphatic heterocycles. The molecular weight excluding hydrogens is 255 g/mol. The summed E-state index contributed by atoms with van der Waals surface area (Å²) < 4.78 is 14.8. The van der Waals surface area contributed by atoms with Gasteiger partial charge in [-0.25, -0.2) is 4.39 Å². The van der Waals surface area contributed by atoms with Crippen molar-refractivity contribution in [1.82, 2.24) is 9.47 Å². The van der Waals surface area contributed by atoms with E-state index in [1.165, 1.54) is 12.1 Å². The average molecular weight is 272 g/mol. The number of nitrogens with zero attached hydrogens (tertiary/aromatic N) is 2. The molecule has 3 nitrogen and oxygen atoms in total. The van der Waals surface area contributed by atoms with Crippen LogP contribution in [0.15, 0.2) is 42.6 Å². The molecular formula is C16H17FN2O. The molecule has 1 aromatic carbocycles. The first kappa shape index (κ1) is 12.9. The van der Waals surface area contributed by atoms with E-state index < -0.39 is 0 Å². The highest BCUT2D eigenvalue weighted by molar-refractivity contribution is 5.93. The fourth-order valence-electron chi connectivity index (χ4n) is 2.61. The van der Waals surface area contributed by atoms with E-state index in [1.54, 1.807) is 12.1 Å². The number of benzene rings is 1. The summed E-state index contributed by atoms with van der Waals surface area (Å²) in [6.45, 7) is 2.28. The van der Waals surface area contributed by atoms with Crippen molar-refractivity contribution in [2.24, 2.45) is 0 Å². The maximum Gasteiger partial charge on any atom is 0.270 e. The van der Waals surface area contributed by atoms with Crippen LogP contribution >= 0.6 is 0 Å². The lowest BCUT2D eigenvalue weighted by Crippen LogP contribution is -2.29. The Balaban J connectivity index is 1.79. The summed E-state index contributed by atoms with van der Waals surface area (Å²) >= 11 is 0. The van der Waals surface area contributed by atoms with Gasteiger partial charge >= 0.3 is 0 Å². The Bertz CT molecular complexity index is 597. The Kier molecular flexibility index (Phi) is 3.54. The maximum absolute atomic E-state index is 12.9. The molecule has 2 aromatic rings. The van der Waals surface area contributed by atoms with Gasteiger partial charge < -0.3 is 9.47 Å². The first-order chi connectivity index (χ1) is 9.74. The van der Waals surface area contributed by atoms with E-state index >= 15 is 0 Å². The van der Waals surface area contributed by atoms with Crippen LogP contribution in [0.2, 0.25) is 0 Å². The van der Waals surface area contributed by atoms with E-state index in [4.69, 9.17) is 0 Å². The van der Waals surface area contributed by atoms with E-state index in [-0.39, 0.29) is 11.7 Å². The predicted molar refractivity (Wildman–Crippen MR) is 75.1 cm³/mol. The molecule has 1 fully saturated rings. The molecule has 1 saturated heterocycles. The fourth-order valence-corrected chi connectivity index (χ4v) is 2.61. The zero-order valence-corrected chi connectivity index (χ0v) is 11.3. The van der Waals surface area contributed by atoms with Gasteiger partial charge in [-0.1, -0.05) is 12.1 Å². The van der Waals surface area contributed by atoms with Crippen molar-refractivity contribution >= 4 is 5.91 Å². The molecule has 4 heteroatoms. The Morgan fingerprint density at radius 3 is 2.50 bits per heavy atom. The third kappa shape index (κ3) is 2.59. The molecule has 1 amide bonds. The lowest BCUT2D eigenvalue weighted by molar-refractivity contribution is 0.0782. The number of hydrogen-bond acceptors (Lipinski definition) is 1. The molecule has 0 unspecified atom stereocenters. The summed E-state index contributed by atoms with van der Waals surface area (Å²) in [6.07, 6.45) is 4.07. The van der Waals surface area contributed by atoms with Crippen LogP contribution in [0.1, 0.15) is 28.9 Å². The number of amides is 1. The summed E-state index contributed by atoms with van der Waals surface area (Å²) in [7, 11) is 0. The molecule has 0 bridgehead atoms. The van der Waals surface area contributed by atoms with Crippen molar-refractivity contribution in [3.63, 3.8) is 0 Å². The largest absolute Gasteiger partial charge is 0.339 e. The SMILES string of the molecule is O=C(c1cccn1Cc1ccc(F)cc1)N1CCCC1. The van der Waals surface area contributed by atoms with Crippen molar-refractivity contribution in [2.75, 3.05) is 13.1 Å². The molecule has 1 aromatic heterocycles. The monoisotopic (exact) mass is 272 g/mol. The number of hydrogen-bond donors (Lipinski definition) is 0. The highest BCUT2D eigenvalue weighted by atomic mass is 19.1. The minimum Gasteiger partial charge on any atom is -0.339 e. The van der Waals surface area contributed by atoms with E-state index in [9.17, 15) is 9.18 Å². The molecule has 0 atom stereocenters.